The third kappa shape index (κ3) is 14.4. The van der Waals surface area contributed by atoms with Crippen molar-refractivity contribution in [2.45, 2.75) is 171 Å². The largest absolute Gasteiger partial charge is 0.508 e. The number of benzene rings is 5. The van der Waals surface area contributed by atoms with Gasteiger partial charge in [0.05, 0.1) is 22.5 Å². The van der Waals surface area contributed by atoms with Gasteiger partial charge in [-0.15, -0.1) is 0 Å². The highest BCUT2D eigenvalue weighted by atomic mass is 35.5. The van der Waals surface area contributed by atoms with Gasteiger partial charge in [-0.3, -0.25) is 48.5 Å². The molecule has 0 saturated heterocycles. The summed E-state index contributed by atoms with van der Waals surface area (Å²) in [5, 5.41) is 96.2. The lowest BCUT2D eigenvalue weighted by Gasteiger charge is -2.54. The summed E-state index contributed by atoms with van der Waals surface area (Å²) in [5.74, 6) is -14.1. The molecular weight excluding hydrogens is 1330 g/mol. The van der Waals surface area contributed by atoms with Crippen molar-refractivity contribution in [2.24, 2.45) is 29.6 Å². The van der Waals surface area contributed by atoms with Crippen molar-refractivity contribution in [1.82, 2.24) is 47.9 Å². The Morgan fingerprint density at radius 1 is 0.620 bits per heavy atom. The van der Waals surface area contributed by atoms with Crippen LogP contribution in [0.15, 0.2) is 78.9 Å². The first-order chi connectivity index (χ1) is 47.7. The maximum atomic E-state index is 16.0. The summed E-state index contributed by atoms with van der Waals surface area (Å²) in [6.45, 7) is 5.73. The average Bonchev–Trinajstić information content (AvgIpc) is 1.55. The summed E-state index contributed by atoms with van der Waals surface area (Å²) >= 11 is 13.9. The lowest BCUT2D eigenvalue weighted by molar-refractivity contribution is -0.138. The second-order valence-corrected chi connectivity index (χ2v) is 28.7. The number of halogens is 2. The molecule has 26 nitrogen and oxygen atoms in total. The number of aliphatic hydroxyl groups excluding tert-OH is 2. The monoisotopic (exact) mass is 1410 g/mol. The van der Waals surface area contributed by atoms with Crippen LogP contribution in [0, 0.1) is 29.6 Å². The van der Waals surface area contributed by atoms with Crippen molar-refractivity contribution in [3.05, 3.63) is 128 Å². The fourth-order valence-corrected chi connectivity index (χ4v) is 16.1. The number of aliphatic hydroxyl groups is 4. The normalized spacial score (nSPS) is 26.6. The lowest BCUT2D eigenvalue weighted by atomic mass is 9.54. The van der Waals surface area contributed by atoms with Gasteiger partial charge in [-0.1, -0.05) is 93.9 Å². The molecule has 530 valence electrons. The molecular formula is C72H81Cl2N9O17. The van der Waals surface area contributed by atoms with Crippen molar-refractivity contribution in [1.29, 1.82) is 0 Å². The van der Waals surface area contributed by atoms with Crippen LogP contribution in [-0.2, 0) is 48.9 Å². The summed E-state index contributed by atoms with van der Waals surface area (Å²) in [6.07, 6.45) is 3.53. The highest BCUT2D eigenvalue weighted by Gasteiger charge is 2.51. The van der Waals surface area contributed by atoms with Gasteiger partial charge >= 0.3 is 0 Å². The van der Waals surface area contributed by atoms with Gasteiger partial charge in [0.25, 0.3) is 0 Å². The van der Waals surface area contributed by atoms with Crippen LogP contribution in [0.4, 0.5) is 0 Å². The van der Waals surface area contributed by atoms with Crippen LogP contribution in [0.1, 0.15) is 174 Å². The number of phenolic OH excluding ortho intramolecular Hbond substituents is 2. The second kappa shape index (κ2) is 29.0. The number of aromatic hydroxyl groups is 2. The fraction of sp³-hybridized carbons (Fsp3) is 0.458. The van der Waals surface area contributed by atoms with Gasteiger partial charge in [0, 0.05) is 23.6 Å². The molecule has 4 fully saturated rings. The quantitative estimate of drug-likeness (QED) is 0.0431. The molecule has 15 N–H and O–H groups in total. The maximum absolute atomic E-state index is 16.0. The fourth-order valence-electron chi connectivity index (χ4n) is 15.7. The smallest absolute Gasteiger partial charge is 0.248 e. The van der Waals surface area contributed by atoms with E-state index in [4.69, 9.17) is 32.7 Å². The van der Waals surface area contributed by atoms with E-state index in [0.717, 1.165) is 69.6 Å². The van der Waals surface area contributed by atoms with Crippen LogP contribution in [0.25, 0.3) is 11.1 Å². The molecule has 15 rings (SSSR count). The number of carbonyl (C=O) groups excluding carboxylic acids is 9. The Bertz CT molecular complexity index is 4100. The van der Waals surface area contributed by atoms with Crippen molar-refractivity contribution in [3.8, 4) is 45.6 Å². The van der Waals surface area contributed by atoms with Crippen molar-refractivity contribution < 1.29 is 83.3 Å². The van der Waals surface area contributed by atoms with Gasteiger partial charge in [-0.2, -0.15) is 0 Å². The predicted octanol–water partition coefficient (Wildman–Crippen LogP) is 5.86. The first kappa shape index (κ1) is 71.0. The Morgan fingerprint density at radius 3 is 1.84 bits per heavy atom. The molecule has 5 aliphatic heterocycles. The number of hydrogen-bond acceptors (Lipinski definition) is 18. The van der Waals surface area contributed by atoms with Crippen LogP contribution in [-0.4, -0.2) is 121 Å². The highest BCUT2D eigenvalue weighted by molar-refractivity contribution is 6.32. The molecule has 5 aromatic rings. The van der Waals surface area contributed by atoms with Gasteiger partial charge in [-0.05, 0) is 175 Å². The number of amides is 9. The minimum Gasteiger partial charge on any atom is -0.508 e. The molecule has 0 radical (unpaired) electrons. The van der Waals surface area contributed by atoms with E-state index < -0.39 is 143 Å². The number of phenols is 2. The molecule has 10 aliphatic rings. The number of hydrogen-bond donors (Lipinski definition) is 15. The number of nitrogens with one attached hydrogen (secondary N) is 9. The van der Waals surface area contributed by atoms with Crippen LogP contribution in [0.3, 0.4) is 0 Å². The number of fused-ring (bicyclic) bond motifs is 12. The van der Waals surface area contributed by atoms with E-state index >= 15 is 28.8 Å². The second-order valence-electron chi connectivity index (χ2n) is 27.9. The molecule has 0 unspecified atom stereocenters. The number of likely N-dealkylation sites (N-methyl/N-ethyl adjacent to an activating group) is 1. The minimum atomic E-state index is -2.91. The first-order valence-electron chi connectivity index (χ1n) is 33.9. The van der Waals surface area contributed by atoms with Crippen LogP contribution in [0.2, 0.25) is 10.0 Å². The number of ether oxygens (including phenoxy) is 2. The Kier molecular flexibility index (Phi) is 20.6. The highest BCUT2D eigenvalue weighted by Crippen LogP contribution is 2.55. The van der Waals surface area contributed by atoms with E-state index in [1.807, 2.05) is 20.8 Å². The number of carbonyl (C=O) groups is 9. The summed E-state index contributed by atoms with van der Waals surface area (Å²) in [6, 6.07) is 2.30. The van der Waals surface area contributed by atoms with E-state index in [1.54, 1.807) is 0 Å². The van der Waals surface area contributed by atoms with E-state index in [9.17, 15) is 45.0 Å². The number of imide groups is 1. The molecule has 28 heteroatoms. The maximum Gasteiger partial charge on any atom is 0.248 e. The lowest BCUT2D eigenvalue weighted by Crippen LogP contribution is -2.59. The molecule has 5 heterocycles. The van der Waals surface area contributed by atoms with Gasteiger partial charge in [-0.25, -0.2) is 0 Å². The third-order valence-corrected chi connectivity index (χ3v) is 21.0. The van der Waals surface area contributed by atoms with Crippen LogP contribution >= 0.6 is 23.2 Å². The van der Waals surface area contributed by atoms with Gasteiger partial charge in [0.1, 0.15) is 65.7 Å². The van der Waals surface area contributed by atoms with Crippen molar-refractivity contribution in [3.63, 3.8) is 0 Å². The Hall–Kier alpha value is -8.89. The summed E-state index contributed by atoms with van der Waals surface area (Å²) in [4.78, 5) is 135. The molecule has 4 saturated carbocycles. The third-order valence-electron chi connectivity index (χ3n) is 20.4. The standard InChI is InChI=1S/C72H81Cl2N9O17/c1-5-6-7-8-9-10-53(85)77-54(86)30-48-66(91)79-58-39-26-51(99-49-15-12-35(24-45(49)73)62(87)60(70(95)76-48)82-65(90)47(75-4)17-31(2)3)64(89)52(27-39)100-50-16-13-36(25-46(50)74)63(88)61-71(96)81-59(69(94)78-56-37-19-32-18-33(21-37)22-38(56)20-32)42-28-40(84)29-44-55(42)41-23-34(11-14-43(41)72(44,97)98)57(67(92)83-61)80-68(58)93/h11-16,23-29,31-33,37-38,47-48,56-63,75,84,87-89,97-98H,5-10,17-22,30H2,1-4H3,(H,76,95)(H,78,94)(H,79,91)(H,80,93)(H,81,96)(H,82,90)(H,83,92)(H,77,85,86)/t32?,33?,37?,38?,47-,48+,56?,57-,58-,59+,60-,61+,62-,63-/m1/s1. The van der Waals surface area contributed by atoms with Gasteiger partial charge < -0.3 is 82.6 Å². The number of rotatable bonds is 15. The zero-order chi connectivity index (χ0) is 71.3. The average molecular weight is 1420 g/mol. The topological polar surface area (TPSA) is 402 Å². The minimum absolute atomic E-state index is 0.0325. The molecule has 100 heavy (non-hydrogen) atoms. The predicted molar refractivity (Wildman–Crippen MR) is 361 cm³/mol. The molecule has 5 aliphatic carbocycles. The van der Waals surface area contributed by atoms with Crippen LogP contribution in [0.5, 0.6) is 34.5 Å². The van der Waals surface area contributed by atoms with Crippen molar-refractivity contribution >= 4 is 76.4 Å². The molecule has 0 aromatic heterocycles. The van der Waals surface area contributed by atoms with E-state index in [1.165, 1.54) is 67.7 Å². The SMILES string of the molecule is CCCCCCCC(=O)NC(=O)C[C@@H]1NC(=O)[C@H](NC(=O)[C@@H](CC(C)C)NC)[C@H](O)c2ccc(c(Cl)c2)Oc2cc3cc(c2O)Oc2ccc(cc2Cl)[C@@H](O)[C@@H]2NC(=O)[C@H](NC(=O)[C@@H]3NC1=O)c1ccc3c(c1)-c1c(cc(O)cc1C3(O)O)[C@@H](C(=O)NC1C3CC4CC(C3)CC1C4)NC2=O. The van der Waals surface area contributed by atoms with E-state index in [0.29, 0.717) is 24.7 Å². The van der Waals surface area contributed by atoms with E-state index in [-0.39, 0.29) is 108 Å². The molecule has 0 spiro atoms. The van der Waals surface area contributed by atoms with Gasteiger partial charge in [0.2, 0.25) is 64.7 Å². The van der Waals surface area contributed by atoms with Gasteiger partial charge in [0.15, 0.2) is 11.5 Å². The number of unbranched alkanes of at least 4 members (excludes halogenated alkanes) is 4. The summed E-state index contributed by atoms with van der Waals surface area (Å²) < 4.78 is 12.6. The molecule has 9 amide bonds. The Labute approximate surface area is 585 Å². The summed E-state index contributed by atoms with van der Waals surface area (Å²) in [5.41, 5.74) is -1.43. The summed E-state index contributed by atoms with van der Waals surface area (Å²) in [7, 11) is 1.51. The van der Waals surface area contributed by atoms with Crippen LogP contribution < -0.4 is 57.3 Å². The molecule has 9 atom stereocenters. The Morgan fingerprint density at radius 2 is 1.22 bits per heavy atom. The van der Waals surface area contributed by atoms with E-state index in [2.05, 4.69) is 47.9 Å². The Balaban J connectivity index is 1.00. The first-order valence-corrected chi connectivity index (χ1v) is 34.7. The van der Waals surface area contributed by atoms with Crippen molar-refractivity contribution in [2.75, 3.05) is 7.05 Å². The zero-order valence-corrected chi connectivity index (χ0v) is 56.8. The molecule has 5 aromatic carbocycles. The molecule has 15 bridgehead atoms. The zero-order valence-electron chi connectivity index (χ0n) is 55.3.